The van der Waals surface area contributed by atoms with E-state index in [1.807, 2.05) is 31.2 Å². The quantitative estimate of drug-likeness (QED) is 0.860. The second-order valence-corrected chi connectivity index (χ2v) is 4.78. The van der Waals surface area contributed by atoms with Gasteiger partial charge in [-0.2, -0.15) is 0 Å². The van der Waals surface area contributed by atoms with Crippen LogP contribution in [0.3, 0.4) is 0 Å². The number of hydrogen-bond donors (Lipinski definition) is 1. The summed E-state index contributed by atoms with van der Waals surface area (Å²) in [5, 5.41) is 0.400. The van der Waals surface area contributed by atoms with Crippen LogP contribution < -0.4 is 10.5 Å². The zero-order chi connectivity index (χ0) is 13.1. The number of carbonyl (C=O) groups is 1. The molecule has 2 rings (SSSR count). The minimum absolute atomic E-state index is 0.0836. The van der Waals surface area contributed by atoms with Crippen LogP contribution in [0.25, 0.3) is 10.4 Å². The zero-order valence-corrected chi connectivity index (χ0v) is 11.1. The van der Waals surface area contributed by atoms with Gasteiger partial charge in [0, 0.05) is 6.92 Å². The molecule has 1 heterocycles. The molecule has 2 N–H and O–H groups in total. The molecule has 94 valence electrons. The molecular formula is C13H14N2O2S. The summed E-state index contributed by atoms with van der Waals surface area (Å²) >= 11 is 1.31. The summed E-state index contributed by atoms with van der Waals surface area (Å²) in [6, 6.07) is 7.58. The van der Waals surface area contributed by atoms with Crippen molar-refractivity contribution in [2.75, 3.05) is 12.3 Å². The van der Waals surface area contributed by atoms with Gasteiger partial charge >= 0.3 is 0 Å². The third-order valence-corrected chi connectivity index (χ3v) is 3.32. The number of ether oxygens (including phenoxy) is 1. The molecule has 5 heteroatoms. The summed E-state index contributed by atoms with van der Waals surface area (Å²) in [7, 11) is 0. The predicted molar refractivity (Wildman–Crippen MR) is 73.1 cm³/mol. The van der Waals surface area contributed by atoms with Gasteiger partial charge in [0.25, 0.3) is 0 Å². The SMILES string of the molecule is CCOc1cccc(-c2sc(N)nc2C(C)=O)c1. The lowest BCUT2D eigenvalue weighted by atomic mass is 10.1. The second-order valence-electron chi connectivity index (χ2n) is 3.75. The molecule has 0 spiro atoms. The highest BCUT2D eigenvalue weighted by molar-refractivity contribution is 7.19. The Morgan fingerprint density at radius 3 is 2.94 bits per heavy atom. The number of nitrogens with two attached hydrogens (primary N) is 1. The number of rotatable bonds is 4. The first-order valence-corrected chi connectivity index (χ1v) is 6.44. The van der Waals surface area contributed by atoms with Crippen LogP contribution in [-0.4, -0.2) is 17.4 Å². The number of ketones is 1. The summed E-state index contributed by atoms with van der Waals surface area (Å²) in [5.41, 5.74) is 7.00. The molecule has 1 aromatic carbocycles. The first kappa shape index (κ1) is 12.6. The Kier molecular flexibility index (Phi) is 3.62. The number of nitrogen functional groups attached to an aromatic ring is 1. The van der Waals surface area contributed by atoms with Crippen LogP contribution >= 0.6 is 11.3 Å². The monoisotopic (exact) mass is 262 g/mol. The molecule has 18 heavy (non-hydrogen) atoms. The molecule has 0 aliphatic rings. The van der Waals surface area contributed by atoms with Gasteiger partial charge in [-0.1, -0.05) is 23.5 Å². The lowest BCUT2D eigenvalue weighted by molar-refractivity contribution is 0.101. The maximum Gasteiger partial charge on any atom is 0.181 e. The van der Waals surface area contributed by atoms with E-state index in [-0.39, 0.29) is 5.78 Å². The normalized spacial score (nSPS) is 10.3. The Balaban J connectivity index is 2.47. The van der Waals surface area contributed by atoms with Crippen molar-refractivity contribution in [3.63, 3.8) is 0 Å². The van der Waals surface area contributed by atoms with E-state index in [4.69, 9.17) is 10.5 Å². The summed E-state index contributed by atoms with van der Waals surface area (Å²) in [6.45, 7) is 4.02. The second kappa shape index (κ2) is 5.18. The van der Waals surface area contributed by atoms with E-state index in [9.17, 15) is 4.79 Å². The van der Waals surface area contributed by atoms with Gasteiger partial charge in [-0.05, 0) is 24.6 Å². The number of nitrogens with zero attached hydrogens (tertiary/aromatic N) is 1. The molecule has 0 amide bonds. The van der Waals surface area contributed by atoms with E-state index < -0.39 is 0 Å². The van der Waals surface area contributed by atoms with Gasteiger partial charge in [0.1, 0.15) is 11.4 Å². The summed E-state index contributed by atoms with van der Waals surface area (Å²) in [6.07, 6.45) is 0. The van der Waals surface area contributed by atoms with E-state index >= 15 is 0 Å². The average molecular weight is 262 g/mol. The summed E-state index contributed by atoms with van der Waals surface area (Å²) in [5.74, 6) is 0.691. The van der Waals surface area contributed by atoms with Gasteiger partial charge in [0.15, 0.2) is 10.9 Å². The van der Waals surface area contributed by atoms with Crippen molar-refractivity contribution in [3.8, 4) is 16.2 Å². The zero-order valence-electron chi connectivity index (χ0n) is 10.3. The first-order chi connectivity index (χ1) is 8.61. The molecule has 0 atom stereocenters. The van der Waals surface area contributed by atoms with Crippen LogP contribution in [0.2, 0.25) is 0 Å². The number of carbonyl (C=O) groups excluding carboxylic acids is 1. The Morgan fingerprint density at radius 2 is 2.28 bits per heavy atom. The fourth-order valence-corrected chi connectivity index (χ4v) is 2.54. The Morgan fingerprint density at radius 1 is 1.50 bits per heavy atom. The Bertz CT molecular complexity index is 578. The smallest absolute Gasteiger partial charge is 0.181 e. The van der Waals surface area contributed by atoms with E-state index in [1.54, 1.807) is 0 Å². The van der Waals surface area contributed by atoms with Crippen molar-refractivity contribution in [1.29, 1.82) is 0 Å². The average Bonchev–Trinajstić information content (AvgIpc) is 2.72. The first-order valence-electron chi connectivity index (χ1n) is 5.62. The molecule has 4 nitrogen and oxygen atoms in total. The number of benzene rings is 1. The predicted octanol–water partition coefficient (Wildman–Crippen LogP) is 2.99. The van der Waals surface area contributed by atoms with Gasteiger partial charge in [-0.25, -0.2) is 4.98 Å². The molecule has 1 aromatic heterocycles. The van der Waals surface area contributed by atoms with Gasteiger partial charge in [0.05, 0.1) is 11.5 Å². The lowest BCUT2D eigenvalue weighted by Gasteiger charge is -2.05. The van der Waals surface area contributed by atoms with Crippen molar-refractivity contribution in [2.24, 2.45) is 0 Å². The molecule has 0 bridgehead atoms. The molecule has 0 unspecified atom stereocenters. The third-order valence-electron chi connectivity index (χ3n) is 2.38. The van der Waals surface area contributed by atoms with E-state index in [1.165, 1.54) is 18.3 Å². The maximum atomic E-state index is 11.5. The Hall–Kier alpha value is -1.88. The van der Waals surface area contributed by atoms with Crippen molar-refractivity contribution in [2.45, 2.75) is 13.8 Å². The van der Waals surface area contributed by atoms with E-state index in [0.29, 0.717) is 17.4 Å². The highest BCUT2D eigenvalue weighted by Gasteiger charge is 2.15. The minimum Gasteiger partial charge on any atom is -0.494 e. The van der Waals surface area contributed by atoms with Crippen LogP contribution in [0.1, 0.15) is 24.3 Å². The summed E-state index contributed by atoms with van der Waals surface area (Å²) < 4.78 is 5.44. The maximum absolute atomic E-state index is 11.5. The number of aromatic nitrogens is 1. The molecule has 0 saturated carbocycles. The number of thiazole rings is 1. The fourth-order valence-electron chi connectivity index (χ4n) is 1.66. The van der Waals surface area contributed by atoms with Crippen molar-refractivity contribution in [3.05, 3.63) is 30.0 Å². The molecule has 0 aliphatic heterocycles. The molecule has 0 aliphatic carbocycles. The number of Topliss-reactive ketones (excluding diaryl/α,β-unsaturated/α-hetero) is 1. The standard InChI is InChI=1S/C13H14N2O2S/c1-3-17-10-6-4-5-9(7-10)12-11(8(2)16)15-13(14)18-12/h4-7H,3H2,1-2H3,(H2,14,15). The van der Waals surface area contributed by atoms with Crippen LogP contribution in [0.15, 0.2) is 24.3 Å². The molecule has 2 aromatic rings. The van der Waals surface area contributed by atoms with Crippen LogP contribution in [-0.2, 0) is 0 Å². The third kappa shape index (κ3) is 2.51. The van der Waals surface area contributed by atoms with Crippen LogP contribution in [0, 0.1) is 0 Å². The summed E-state index contributed by atoms with van der Waals surface area (Å²) in [4.78, 5) is 16.4. The molecule has 0 radical (unpaired) electrons. The molecule has 0 fully saturated rings. The molecular weight excluding hydrogens is 248 g/mol. The van der Waals surface area contributed by atoms with E-state index in [2.05, 4.69) is 4.98 Å². The van der Waals surface area contributed by atoms with Gasteiger partial charge in [-0.15, -0.1) is 0 Å². The van der Waals surface area contributed by atoms with Crippen molar-refractivity contribution < 1.29 is 9.53 Å². The lowest BCUT2D eigenvalue weighted by Crippen LogP contribution is -1.96. The van der Waals surface area contributed by atoms with Crippen molar-refractivity contribution in [1.82, 2.24) is 4.98 Å². The van der Waals surface area contributed by atoms with Gasteiger partial charge < -0.3 is 10.5 Å². The van der Waals surface area contributed by atoms with Crippen LogP contribution in [0.4, 0.5) is 5.13 Å². The van der Waals surface area contributed by atoms with Gasteiger partial charge in [-0.3, -0.25) is 4.79 Å². The fraction of sp³-hybridized carbons (Fsp3) is 0.231. The Labute approximate surface area is 109 Å². The van der Waals surface area contributed by atoms with Crippen LogP contribution in [0.5, 0.6) is 5.75 Å². The van der Waals surface area contributed by atoms with Gasteiger partial charge in [0.2, 0.25) is 0 Å². The minimum atomic E-state index is -0.0836. The van der Waals surface area contributed by atoms with Crippen molar-refractivity contribution >= 4 is 22.3 Å². The number of anilines is 1. The number of hydrogen-bond acceptors (Lipinski definition) is 5. The highest BCUT2D eigenvalue weighted by atomic mass is 32.1. The highest BCUT2D eigenvalue weighted by Crippen LogP contribution is 2.33. The van der Waals surface area contributed by atoms with E-state index in [0.717, 1.165) is 16.2 Å². The topological polar surface area (TPSA) is 65.2 Å². The molecule has 0 saturated heterocycles. The largest absolute Gasteiger partial charge is 0.494 e.